The average Bonchev–Trinajstić information content (AvgIpc) is 3.65. The first-order valence-electron chi connectivity index (χ1n) is 11.6. The topological polar surface area (TPSA) is 88.5 Å². The van der Waals surface area contributed by atoms with Crippen molar-refractivity contribution in [2.75, 3.05) is 5.32 Å². The van der Waals surface area contributed by atoms with E-state index in [1.807, 2.05) is 48.5 Å². The van der Waals surface area contributed by atoms with Gasteiger partial charge in [0.2, 0.25) is 0 Å². The SMILES string of the molecule is Cc1nsc(-c2ccc(-c3ccc(C4(C(=O)O)CC4)cc3)cc2)c1NC(=O)OCc1cccc(F)c1Cl. The Kier molecular flexibility index (Phi) is 6.70. The molecule has 0 spiro atoms. The fourth-order valence-electron chi connectivity index (χ4n) is 4.20. The van der Waals surface area contributed by atoms with Crippen LogP contribution >= 0.6 is 23.1 Å². The quantitative estimate of drug-likeness (QED) is 0.256. The molecule has 0 saturated heterocycles. The van der Waals surface area contributed by atoms with E-state index in [-0.39, 0.29) is 11.6 Å². The predicted octanol–water partition coefficient (Wildman–Crippen LogP) is 7.44. The molecule has 1 amide bonds. The van der Waals surface area contributed by atoms with Crippen molar-refractivity contribution < 1.29 is 23.8 Å². The summed E-state index contributed by atoms with van der Waals surface area (Å²) in [5, 5.41) is 12.2. The van der Waals surface area contributed by atoms with Crippen molar-refractivity contribution in [3.8, 4) is 21.6 Å². The Bertz CT molecular complexity index is 1480. The van der Waals surface area contributed by atoms with Crippen LogP contribution in [0.15, 0.2) is 66.7 Å². The Hall–Kier alpha value is -3.75. The van der Waals surface area contributed by atoms with E-state index in [9.17, 15) is 19.1 Å². The Morgan fingerprint density at radius 1 is 1.05 bits per heavy atom. The first-order valence-corrected chi connectivity index (χ1v) is 12.7. The number of amides is 1. The highest BCUT2D eigenvalue weighted by atomic mass is 35.5. The summed E-state index contributed by atoms with van der Waals surface area (Å²) in [5.74, 6) is -1.34. The number of benzene rings is 3. The molecule has 1 aliphatic carbocycles. The molecule has 3 aromatic carbocycles. The second-order valence-corrected chi connectivity index (χ2v) is 10.1. The Morgan fingerprint density at radius 3 is 2.30 bits per heavy atom. The number of rotatable bonds is 7. The third kappa shape index (κ3) is 4.95. The number of carbonyl (C=O) groups is 2. The van der Waals surface area contributed by atoms with E-state index in [0.29, 0.717) is 29.8 Å². The van der Waals surface area contributed by atoms with Crippen LogP contribution in [-0.2, 0) is 21.6 Å². The van der Waals surface area contributed by atoms with Crippen LogP contribution in [0.3, 0.4) is 0 Å². The highest BCUT2D eigenvalue weighted by Gasteiger charge is 2.51. The van der Waals surface area contributed by atoms with Gasteiger partial charge in [0.25, 0.3) is 0 Å². The molecule has 0 bridgehead atoms. The monoisotopic (exact) mass is 536 g/mol. The molecule has 9 heteroatoms. The van der Waals surface area contributed by atoms with Crippen LogP contribution in [0.2, 0.25) is 5.02 Å². The van der Waals surface area contributed by atoms with Crippen molar-refractivity contribution in [1.82, 2.24) is 4.37 Å². The average molecular weight is 537 g/mol. The minimum absolute atomic E-state index is 0.0759. The lowest BCUT2D eigenvalue weighted by Gasteiger charge is -2.11. The zero-order valence-corrected chi connectivity index (χ0v) is 21.3. The fraction of sp³-hybridized carbons (Fsp3) is 0.179. The summed E-state index contributed by atoms with van der Waals surface area (Å²) >= 11 is 7.19. The molecule has 4 aromatic rings. The van der Waals surface area contributed by atoms with Crippen LogP contribution in [0.4, 0.5) is 14.9 Å². The molecular weight excluding hydrogens is 515 g/mol. The van der Waals surface area contributed by atoms with E-state index >= 15 is 0 Å². The summed E-state index contributed by atoms with van der Waals surface area (Å²) in [6, 6.07) is 19.8. The Labute approximate surface area is 221 Å². The molecule has 0 unspecified atom stereocenters. The molecule has 188 valence electrons. The van der Waals surface area contributed by atoms with E-state index < -0.39 is 23.3 Å². The maximum Gasteiger partial charge on any atom is 0.412 e. The van der Waals surface area contributed by atoms with Crippen LogP contribution < -0.4 is 5.32 Å². The third-order valence-corrected chi connectivity index (χ3v) is 7.97. The number of aromatic nitrogens is 1. The van der Waals surface area contributed by atoms with Gasteiger partial charge >= 0.3 is 12.1 Å². The lowest BCUT2D eigenvalue weighted by molar-refractivity contribution is -0.140. The van der Waals surface area contributed by atoms with Gasteiger partial charge in [-0.05, 0) is 59.6 Å². The van der Waals surface area contributed by atoms with Crippen LogP contribution in [0, 0.1) is 12.7 Å². The zero-order chi connectivity index (χ0) is 26.2. The van der Waals surface area contributed by atoms with Gasteiger partial charge in [-0.15, -0.1) is 0 Å². The van der Waals surface area contributed by atoms with Crippen LogP contribution in [0.5, 0.6) is 0 Å². The van der Waals surface area contributed by atoms with Gasteiger partial charge in [-0.2, -0.15) is 4.37 Å². The van der Waals surface area contributed by atoms with Gasteiger partial charge in [0.05, 0.1) is 26.7 Å². The van der Waals surface area contributed by atoms with E-state index in [2.05, 4.69) is 9.69 Å². The molecule has 1 aliphatic rings. The zero-order valence-electron chi connectivity index (χ0n) is 19.8. The number of nitrogens with one attached hydrogen (secondary N) is 1. The number of aliphatic carboxylic acids is 1. The van der Waals surface area contributed by atoms with Crippen molar-refractivity contribution in [3.05, 3.63) is 94.4 Å². The van der Waals surface area contributed by atoms with Gasteiger partial charge in [-0.3, -0.25) is 10.1 Å². The summed E-state index contributed by atoms with van der Waals surface area (Å²) in [7, 11) is 0. The molecule has 1 aromatic heterocycles. The maximum absolute atomic E-state index is 13.6. The van der Waals surface area contributed by atoms with Gasteiger partial charge in [0, 0.05) is 5.56 Å². The molecule has 1 fully saturated rings. The highest BCUT2D eigenvalue weighted by Crippen LogP contribution is 2.48. The summed E-state index contributed by atoms with van der Waals surface area (Å²) in [6.45, 7) is 1.62. The molecule has 5 rings (SSSR count). The first-order chi connectivity index (χ1) is 17.8. The molecular formula is C28H22ClFN2O4S. The molecule has 1 saturated carbocycles. The number of hydrogen-bond acceptors (Lipinski definition) is 5. The smallest absolute Gasteiger partial charge is 0.412 e. The van der Waals surface area contributed by atoms with Gasteiger partial charge in [-0.1, -0.05) is 72.3 Å². The summed E-state index contributed by atoms with van der Waals surface area (Å²) in [5.41, 5.74) is 4.51. The molecule has 37 heavy (non-hydrogen) atoms. The van der Waals surface area contributed by atoms with Crippen molar-refractivity contribution in [3.63, 3.8) is 0 Å². The number of halogens is 2. The Balaban J connectivity index is 1.29. The van der Waals surface area contributed by atoms with Gasteiger partial charge in [0.15, 0.2) is 0 Å². The van der Waals surface area contributed by atoms with Crippen LogP contribution in [0.25, 0.3) is 21.6 Å². The largest absolute Gasteiger partial charge is 0.481 e. The number of anilines is 1. The number of nitrogens with zero attached hydrogens (tertiary/aromatic N) is 1. The second-order valence-electron chi connectivity index (χ2n) is 8.93. The second kappa shape index (κ2) is 9.95. The number of carboxylic acids is 1. The minimum atomic E-state index is -0.768. The van der Waals surface area contributed by atoms with E-state index in [0.717, 1.165) is 27.1 Å². The van der Waals surface area contributed by atoms with Gasteiger partial charge < -0.3 is 9.84 Å². The number of hydrogen-bond donors (Lipinski definition) is 2. The highest BCUT2D eigenvalue weighted by molar-refractivity contribution is 7.10. The van der Waals surface area contributed by atoms with Gasteiger partial charge in [0.1, 0.15) is 12.4 Å². The molecule has 2 N–H and O–H groups in total. The van der Waals surface area contributed by atoms with E-state index in [1.54, 1.807) is 13.0 Å². The maximum atomic E-state index is 13.6. The van der Waals surface area contributed by atoms with Crippen molar-refractivity contribution >= 4 is 40.9 Å². The summed E-state index contributed by atoms with van der Waals surface area (Å²) < 4.78 is 23.2. The first kappa shape index (κ1) is 24.9. The summed E-state index contributed by atoms with van der Waals surface area (Å²) in [4.78, 5) is 24.8. The summed E-state index contributed by atoms with van der Waals surface area (Å²) in [6.07, 6.45) is 0.650. The van der Waals surface area contributed by atoms with E-state index in [4.69, 9.17) is 16.3 Å². The molecule has 0 aliphatic heterocycles. The predicted molar refractivity (Wildman–Crippen MR) is 141 cm³/mol. The molecule has 1 heterocycles. The van der Waals surface area contributed by atoms with Crippen molar-refractivity contribution in [1.29, 1.82) is 0 Å². The van der Waals surface area contributed by atoms with Crippen molar-refractivity contribution in [2.24, 2.45) is 0 Å². The number of carbonyl (C=O) groups excluding carboxylic acids is 1. The number of aryl methyl sites for hydroxylation is 1. The van der Waals surface area contributed by atoms with Gasteiger partial charge in [-0.25, -0.2) is 9.18 Å². The standard InChI is InChI=1S/C28H22ClFN2O4S/c1-16-24(31-27(35)36-15-20-3-2-4-22(30)23(20)29)25(37-32-16)19-7-5-17(6-8-19)18-9-11-21(12-10-18)28(13-14-28)26(33)34/h2-12H,13-15H2,1H3,(H,31,35)(H,33,34). The van der Waals surface area contributed by atoms with Crippen LogP contribution in [-0.4, -0.2) is 21.5 Å². The van der Waals surface area contributed by atoms with Crippen molar-refractivity contribution in [2.45, 2.75) is 31.8 Å². The Morgan fingerprint density at radius 2 is 1.68 bits per heavy atom. The lowest BCUT2D eigenvalue weighted by Crippen LogP contribution is -2.19. The third-order valence-electron chi connectivity index (χ3n) is 6.56. The minimum Gasteiger partial charge on any atom is -0.481 e. The normalized spacial score (nSPS) is 13.7. The van der Waals surface area contributed by atoms with Crippen LogP contribution in [0.1, 0.15) is 29.7 Å². The lowest BCUT2D eigenvalue weighted by atomic mass is 9.93. The fourth-order valence-corrected chi connectivity index (χ4v) is 5.23. The van der Waals surface area contributed by atoms with E-state index in [1.165, 1.54) is 23.7 Å². The molecule has 0 radical (unpaired) electrons. The molecule has 0 atom stereocenters. The molecule has 6 nitrogen and oxygen atoms in total. The number of carboxylic acid groups (broad SMARTS) is 1. The number of ether oxygens (including phenoxy) is 1.